The molecule has 7 atom stereocenters. The van der Waals surface area contributed by atoms with Gasteiger partial charge in [0.2, 0.25) is 17.6 Å². The van der Waals surface area contributed by atoms with Crippen LogP contribution >= 0.6 is 0 Å². The summed E-state index contributed by atoms with van der Waals surface area (Å²) >= 11 is 0. The van der Waals surface area contributed by atoms with Gasteiger partial charge in [0.1, 0.15) is 18.2 Å². The zero-order valence-electron chi connectivity index (χ0n) is 27.9. The molecule has 1 aromatic rings. The number of rotatable bonds is 13. The van der Waals surface area contributed by atoms with E-state index in [4.69, 9.17) is 10.5 Å². The summed E-state index contributed by atoms with van der Waals surface area (Å²) < 4.78 is 5.81. The number of primary amides is 1. The van der Waals surface area contributed by atoms with Crippen molar-refractivity contribution < 1.29 is 28.7 Å². The van der Waals surface area contributed by atoms with Gasteiger partial charge in [-0.1, -0.05) is 91.6 Å². The second-order valence-electron chi connectivity index (χ2n) is 15.1. The van der Waals surface area contributed by atoms with Crippen molar-refractivity contribution in [2.75, 3.05) is 13.7 Å². The average molecular weight is 626 g/mol. The Morgan fingerprint density at radius 3 is 2.16 bits per heavy atom. The summed E-state index contributed by atoms with van der Waals surface area (Å²) in [5.41, 5.74) is 5.36. The number of ether oxygens (including phenoxy) is 1. The van der Waals surface area contributed by atoms with Gasteiger partial charge in [0.15, 0.2) is 0 Å². The number of carbonyl (C=O) groups excluding carboxylic acids is 5. The Morgan fingerprint density at radius 2 is 1.64 bits per heavy atom. The van der Waals surface area contributed by atoms with Crippen LogP contribution in [0.4, 0.5) is 4.79 Å². The number of hydrogen-bond donors (Lipinski definition) is 4. The maximum Gasteiger partial charge on any atom is 0.315 e. The molecule has 4 rings (SSSR count). The lowest BCUT2D eigenvalue weighted by atomic mass is 9.85. The molecule has 0 aromatic heterocycles. The topological polar surface area (TPSA) is 160 Å². The Morgan fingerprint density at radius 1 is 1.02 bits per heavy atom. The van der Waals surface area contributed by atoms with Crippen LogP contribution in [-0.2, 0) is 23.9 Å². The Balaban J connectivity index is 1.54. The monoisotopic (exact) mass is 625 g/mol. The molecule has 1 aromatic carbocycles. The van der Waals surface area contributed by atoms with Gasteiger partial charge in [-0.3, -0.25) is 19.2 Å². The summed E-state index contributed by atoms with van der Waals surface area (Å²) in [7, 11) is 1.60. The highest BCUT2D eigenvalue weighted by molar-refractivity contribution is 6.37. The Hall–Kier alpha value is -3.47. The van der Waals surface area contributed by atoms with Crippen LogP contribution < -0.4 is 21.7 Å². The van der Waals surface area contributed by atoms with Gasteiger partial charge in [-0.05, 0) is 46.5 Å². The SMILES string of the molecule is CO[C@H](c1ccccc1)[C@@H](NC(=O)N[C@H](C(=O)N1C[C@H]2C([C@H]1C(=O)NC(CC1CC1)C(=O)C(N)=O)C2(C)C)C(C)(C)C)C(C)C. The number of nitrogens with one attached hydrogen (secondary N) is 3. The first-order valence-electron chi connectivity index (χ1n) is 16.1. The number of benzene rings is 1. The molecule has 2 unspecified atom stereocenters. The number of urea groups is 1. The molecule has 0 bridgehead atoms. The first-order valence-corrected chi connectivity index (χ1v) is 16.1. The molecule has 1 aliphatic heterocycles. The summed E-state index contributed by atoms with van der Waals surface area (Å²) in [4.78, 5) is 67.7. The number of ketones is 1. The second-order valence-corrected chi connectivity index (χ2v) is 15.1. The first-order chi connectivity index (χ1) is 21.0. The third kappa shape index (κ3) is 7.51. The van der Waals surface area contributed by atoms with Gasteiger partial charge in [-0.2, -0.15) is 0 Å². The van der Waals surface area contributed by atoms with E-state index in [-0.39, 0.29) is 35.0 Å². The molecular formula is C34H51N5O6. The number of fused-ring (bicyclic) bond motifs is 1. The van der Waals surface area contributed by atoms with Crippen molar-refractivity contribution in [3.63, 3.8) is 0 Å². The number of carbonyl (C=O) groups is 5. The number of methoxy groups -OCH3 is 1. The van der Waals surface area contributed by atoms with Gasteiger partial charge in [0.05, 0.1) is 12.1 Å². The molecule has 11 nitrogen and oxygen atoms in total. The molecule has 5 N–H and O–H groups in total. The van der Waals surface area contributed by atoms with Crippen LogP contribution in [0.2, 0.25) is 0 Å². The van der Waals surface area contributed by atoms with E-state index >= 15 is 0 Å². The van der Waals surface area contributed by atoms with Gasteiger partial charge >= 0.3 is 6.03 Å². The van der Waals surface area contributed by atoms with Crippen molar-refractivity contribution in [1.82, 2.24) is 20.9 Å². The molecule has 2 saturated carbocycles. The fourth-order valence-electron chi connectivity index (χ4n) is 7.02. The Kier molecular flexibility index (Phi) is 10.0. The third-order valence-corrected chi connectivity index (χ3v) is 10.0. The summed E-state index contributed by atoms with van der Waals surface area (Å²) in [6.45, 7) is 14.1. The van der Waals surface area contributed by atoms with Crippen LogP contribution in [0.1, 0.15) is 79.4 Å². The molecule has 0 spiro atoms. The van der Waals surface area contributed by atoms with Crippen LogP contribution in [0.15, 0.2) is 30.3 Å². The number of Topliss-reactive ketones (excluding diaryl/α,β-unsaturated/α-hetero) is 1. The van der Waals surface area contributed by atoms with Gasteiger partial charge < -0.3 is 31.3 Å². The van der Waals surface area contributed by atoms with Gasteiger partial charge in [-0.25, -0.2) is 4.79 Å². The van der Waals surface area contributed by atoms with Crippen molar-refractivity contribution in [3.8, 4) is 0 Å². The minimum Gasteiger partial charge on any atom is -0.375 e. The Bertz CT molecular complexity index is 1290. The number of hydrogen-bond acceptors (Lipinski definition) is 6. The largest absolute Gasteiger partial charge is 0.375 e. The quantitative estimate of drug-likeness (QED) is 0.247. The van der Waals surface area contributed by atoms with Crippen molar-refractivity contribution in [2.45, 2.75) is 98.0 Å². The van der Waals surface area contributed by atoms with Crippen molar-refractivity contribution in [3.05, 3.63) is 35.9 Å². The molecule has 1 saturated heterocycles. The maximum absolute atomic E-state index is 14.3. The highest BCUT2D eigenvalue weighted by atomic mass is 16.5. The van der Waals surface area contributed by atoms with Gasteiger partial charge in [0, 0.05) is 13.7 Å². The predicted molar refractivity (Wildman–Crippen MR) is 169 cm³/mol. The molecule has 0 radical (unpaired) electrons. The zero-order valence-corrected chi connectivity index (χ0v) is 27.9. The number of nitrogens with two attached hydrogens (primary N) is 1. The molecule has 45 heavy (non-hydrogen) atoms. The van der Waals surface area contributed by atoms with E-state index < -0.39 is 59.3 Å². The smallest absolute Gasteiger partial charge is 0.315 e. The van der Waals surface area contributed by atoms with E-state index in [1.807, 2.05) is 65.0 Å². The van der Waals surface area contributed by atoms with Gasteiger partial charge in [0.25, 0.3) is 5.91 Å². The number of nitrogens with zero attached hydrogens (tertiary/aromatic N) is 1. The fraction of sp³-hybridized carbons (Fsp3) is 0.676. The first kappa shape index (κ1) is 34.4. The van der Waals surface area contributed by atoms with E-state index in [9.17, 15) is 24.0 Å². The molecule has 11 heteroatoms. The minimum absolute atomic E-state index is 0.0115. The van der Waals surface area contributed by atoms with E-state index in [0.29, 0.717) is 13.0 Å². The molecule has 3 aliphatic rings. The second kappa shape index (κ2) is 13.1. The van der Waals surface area contributed by atoms with E-state index in [1.54, 1.807) is 12.0 Å². The van der Waals surface area contributed by atoms with E-state index in [1.165, 1.54) is 0 Å². The third-order valence-electron chi connectivity index (χ3n) is 10.0. The molecule has 5 amide bonds. The fourth-order valence-corrected chi connectivity index (χ4v) is 7.02. The van der Waals surface area contributed by atoms with Crippen molar-refractivity contribution in [1.29, 1.82) is 0 Å². The van der Waals surface area contributed by atoms with Crippen LogP contribution in [0.25, 0.3) is 0 Å². The Labute approximate surface area is 266 Å². The summed E-state index contributed by atoms with van der Waals surface area (Å²) in [5, 5.41) is 8.76. The lowest BCUT2D eigenvalue weighted by Gasteiger charge is -2.38. The molecule has 2 aliphatic carbocycles. The predicted octanol–water partition coefficient (Wildman–Crippen LogP) is 2.93. The highest BCUT2D eigenvalue weighted by Crippen LogP contribution is 2.65. The highest BCUT2D eigenvalue weighted by Gasteiger charge is 2.70. The number of likely N-dealkylation sites (tertiary alicyclic amines) is 1. The zero-order chi connectivity index (χ0) is 33.4. The van der Waals surface area contributed by atoms with E-state index in [2.05, 4.69) is 29.8 Å². The van der Waals surface area contributed by atoms with Crippen LogP contribution in [-0.4, -0.2) is 72.3 Å². The average Bonchev–Trinajstić information content (AvgIpc) is 3.82. The number of piperidine rings is 1. The van der Waals surface area contributed by atoms with Crippen molar-refractivity contribution in [2.24, 2.45) is 40.2 Å². The minimum atomic E-state index is -1.09. The van der Waals surface area contributed by atoms with Crippen LogP contribution in [0.3, 0.4) is 0 Å². The molecule has 248 valence electrons. The number of amides is 5. The van der Waals surface area contributed by atoms with Crippen molar-refractivity contribution >= 4 is 29.5 Å². The molecule has 1 heterocycles. The lowest BCUT2D eigenvalue weighted by Crippen LogP contribution is -2.62. The summed E-state index contributed by atoms with van der Waals surface area (Å²) in [5.74, 6) is -2.50. The van der Waals surface area contributed by atoms with Gasteiger partial charge in [-0.15, -0.1) is 0 Å². The molecular weight excluding hydrogens is 574 g/mol. The van der Waals surface area contributed by atoms with E-state index in [0.717, 1.165) is 18.4 Å². The summed E-state index contributed by atoms with van der Waals surface area (Å²) in [6, 6.07) is 5.93. The normalized spacial score (nSPS) is 24.6. The standard InChI is InChI=1S/C34H51N5O6/c1-18(2)24(27(45-8)20-12-10-9-11-13-20)37-32(44)38-28(33(3,4)5)31(43)39-17-21-23(34(21,6)7)25(39)30(42)36-22(16-19-14-15-19)26(40)29(35)41/h9-13,18-19,21-25,27-28H,14-17H2,1-8H3,(H2,35,41)(H,36,42)(H2,37,38,44)/t21-,22?,23?,24-,25-,27+,28+/m0/s1. The summed E-state index contributed by atoms with van der Waals surface area (Å²) in [6.07, 6.45) is 1.80. The molecule has 3 fully saturated rings. The van der Waals surface area contributed by atoms with Crippen LogP contribution in [0, 0.1) is 34.5 Å². The lowest BCUT2D eigenvalue weighted by molar-refractivity contribution is -0.145. The van der Waals surface area contributed by atoms with Crippen LogP contribution in [0.5, 0.6) is 0 Å². The maximum atomic E-state index is 14.3.